The van der Waals surface area contributed by atoms with Crippen molar-refractivity contribution < 1.29 is 13.6 Å². The predicted molar refractivity (Wildman–Crippen MR) is 104 cm³/mol. The monoisotopic (exact) mass is 406 g/mol. The maximum Gasteiger partial charge on any atom is 0.261 e. The molecular formula is C18H24F2N8O. The second-order valence-corrected chi connectivity index (χ2v) is 7.36. The Labute approximate surface area is 166 Å². The maximum atomic E-state index is 13.2. The number of anilines is 1. The standard InChI is InChI=1S/C18H24F2N8O/c1-11-9-27(6-3-5-21-11)14-4-7-28-17(24-14)12(8-22-28)18(29)23-13-10-26(2)25-15(13)16(19)20/h4,7-8,10-11,15-16,21,25H,3,5-6,9H2,1-2H3,(H,23,29)/t11-,15?/m1/s1. The molecule has 1 unspecified atom stereocenters. The molecule has 2 aromatic heterocycles. The average molecular weight is 406 g/mol. The number of hydrogen-bond donors (Lipinski definition) is 3. The topological polar surface area (TPSA) is 89.8 Å². The fourth-order valence-corrected chi connectivity index (χ4v) is 3.62. The van der Waals surface area contributed by atoms with Gasteiger partial charge in [-0.3, -0.25) is 4.79 Å². The minimum absolute atomic E-state index is 0.107. The van der Waals surface area contributed by atoms with Crippen LogP contribution in [-0.2, 0) is 0 Å². The molecule has 2 atom stereocenters. The smallest absolute Gasteiger partial charge is 0.261 e. The van der Waals surface area contributed by atoms with Crippen LogP contribution in [0.1, 0.15) is 23.7 Å². The summed E-state index contributed by atoms with van der Waals surface area (Å²) in [7, 11) is 1.59. The Morgan fingerprint density at radius 2 is 2.24 bits per heavy atom. The minimum atomic E-state index is -2.65. The van der Waals surface area contributed by atoms with Crippen molar-refractivity contribution in [1.82, 2.24) is 35.7 Å². The molecule has 2 aliphatic rings. The van der Waals surface area contributed by atoms with Gasteiger partial charge in [0.15, 0.2) is 5.65 Å². The Kier molecular flexibility index (Phi) is 5.33. The second kappa shape index (κ2) is 7.91. The molecule has 3 N–H and O–H groups in total. The molecule has 0 aliphatic carbocycles. The summed E-state index contributed by atoms with van der Waals surface area (Å²) in [5.41, 5.74) is 3.31. The van der Waals surface area contributed by atoms with Gasteiger partial charge in [-0.15, -0.1) is 0 Å². The van der Waals surface area contributed by atoms with Crippen LogP contribution >= 0.6 is 0 Å². The van der Waals surface area contributed by atoms with Gasteiger partial charge < -0.3 is 20.5 Å². The third kappa shape index (κ3) is 4.01. The van der Waals surface area contributed by atoms with E-state index in [0.29, 0.717) is 11.7 Å². The lowest BCUT2D eigenvalue weighted by molar-refractivity contribution is 0.0882. The van der Waals surface area contributed by atoms with Crippen molar-refractivity contribution in [3.05, 3.63) is 35.9 Å². The summed E-state index contributed by atoms with van der Waals surface area (Å²) in [5, 5.41) is 11.6. The molecule has 156 valence electrons. The largest absolute Gasteiger partial charge is 0.355 e. The number of carbonyl (C=O) groups excluding carboxylic acids is 1. The van der Waals surface area contributed by atoms with E-state index in [2.05, 4.69) is 38.0 Å². The van der Waals surface area contributed by atoms with Crippen LogP contribution in [0.2, 0.25) is 0 Å². The fourth-order valence-electron chi connectivity index (χ4n) is 3.62. The van der Waals surface area contributed by atoms with Crippen LogP contribution in [0, 0.1) is 0 Å². The summed E-state index contributed by atoms with van der Waals surface area (Å²) < 4.78 is 27.9. The van der Waals surface area contributed by atoms with E-state index in [0.717, 1.165) is 31.9 Å². The van der Waals surface area contributed by atoms with Crippen LogP contribution < -0.4 is 21.0 Å². The summed E-state index contributed by atoms with van der Waals surface area (Å²) in [4.78, 5) is 19.6. The number of rotatable bonds is 4. The number of nitrogens with zero attached hydrogens (tertiary/aromatic N) is 5. The SMILES string of the molecule is C[C@@H]1CN(c2ccn3ncc(C(=O)NC4=CN(C)NC4C(F)F)c3n2)CCCN1. The van der Waals surface area contributed by atoms with Gasteiger partial charge in [0.05, 0.1) is 11.9 Å². The van der Waals surface area contributed by atoms with Gasteiger partial charge in [0.1, 0.15) is 17.4 Å². The Morgan fingerprint density at radius 3 is 3.03 bits per heavy atom. The number of fused-ring (bicyclic) bond motifs is 1. The Balaban J connectivity index is 1.59. The lowest BCUT2D eigenvalue weighted by atomic mass is 10.2. The van der Waals surface area contributed by atoms with Crippen LogP contribution in [0.5, 0.6) is 0 Å². The van der Waals surface area contributed by atoms with Crippen LogP contribution in [0.3, 0.4) is 0 Å². The van der Waals surface area contributed by atoms with Crippen molar-refractivity contribution in [2.24, 2.45) is 0 Å². The van der Waals surface area contributed by atoms with E-state index >= 15 is 0 Å². The molecule has 1 saturated heterocycles. The molecule has 0 saturated carbocycles. The number of nitrogens with one attached hydrogen (secondary N) is 3. The van der Waals surface area contributed by atoms with Gasteiger partial charge in [-0.05, 0) is 26.0 Å². The molecule has 0 bridgehead atoms. The fraction of sp³-hybridized carbons (Fsp3) is 0.500. The van der Waals surface area contributed by atoms with Crippen LogP contribution in [-0.4, -0.2) is 70.7 Å². The quantitative estimate of drug-likeness (QED) is 0.684. The summed E-state index contributed by atoms with van der Waals surface area (Å²) in [6.45, 7) is 4.73. The maximum absolute atomic E-state index is 13.2. The van der Waals surface area contributed by atoms with Gasteiger partial charge in [-0.25, -0.2) is 23.7 Å². The second-order valence-electron chi connectivity index (χ2n) is 7.36. The predicted octanol–water partition coefficient (Wildman–Crippen LogP) is 0.572. The third-order valence-electron chi connectivity index (χ3n) is 5.04. The third-order valence-corrected chi connectivity index (χ3v) is 5.04. The number of hydrogen-bond acceptors (Lipinski definition) is 7. The highest BCUT2D eigenvalue weighted by Crippen LogP contribution is 2.19. The zero-order valence-electron chi connectivity index (χ0n) is 16.3. The molecule has 1 amide bonds. The first-order valence-corrected chi connectivity index (χ1v) is 9.55. The molecule has 0 spiro atoms. The molecular weight excluding hydrogens is 382 g/mol. The lowest BCUT2D eigenvalue weighted by Crippen LogP contribution is -2.42. The number of hydrazine groups is 1. The zero-order valence-corrected chi connectivity index (χ0v) is 16.3. The minimum Gasteiger partial charge on any atom is -0.355 e. The van der Waals surface area contributed by atoms with E-state index < -0.39 is 18.4 Å². The number of aromatic nitrogens is 3. The molecule has 4 heterocycles. The zero-order chi connectivity index (χ0) is 20.5. The molecule has 11 heteroatoms. The average Bonchev–Trinajstić information content (AvgIpc) is 3.19. The van der Waals surface area contributed by atoms with Gasteiger partial charge in [0, 0.05) is 38.6 Å². The van der Waals surface area contributed by atoms with Crippen LogP contribution in [0.25, 0.3) is 5.65 Å². The van der Waals surface area contributed by atoms with Crippen molar-refractivity contribution in [2.75, 3.05) is 31.6 Å². The molecule has 29 heavy (non-hydrogen) atoms. The number of carbonyl (C=O) groups is 1. The normalized spacial score (nSPS) is 22.9. The first-order chi connectivity index (χ1) is 13.9. The Morgan fingerprint density at radius 1 is 1.41 bits per heavy atom. The van der Waals surface area contributed by atoms with E-state index in [1.807, 2.05) is 6.07 Å². The Hall–Kier alpha value is -2.79. The van der Waals surface area contributed by atoms with E-state index in [4.69, 9.17) is 0 Å². The summed E-state index contributed by atoms with van der Waals surface area (Å²) in [6.07, 6.45) is 2.93. The van der Waals surface area contributed by atoms with Crippen molar-refractivity contribution in [3.63, 3.8) is 0 Å². The van der Waals surface area contributed by atoms with E-state index in [9.17, 15) is 13.6 Å². The first kappa shape index (κ1) is 19.5. The molecule has 2 aliphatic heterocycles. The van der Waals surface area contributed by atoms with Gasteiger partial charge in [0.25, 0.3) is 12.3 Å². The van der Waals surface area contributed by atoms with Crippen molar-refractivity contribution >= 4 is 17.4 Å². The van der Waals surface area contributed by atoms with Crippen LogP contribution in [0.15, 0.2) is 30.4 Å². The van der Waals surface area contributed by atoms with E-state index in [-0.39, 0.29) is 11.3 Å². The van der Waals surface area contributed by atoms with E-state index in [1.165, 1.54) is 21.9 Å². The molecule has 0 aromatic carbocycles. The number of halogens is 2. The highest BCUT2D eigenvalue weighted by Gasteiger charge is 2.32. The van der Waals surface area contributed by atoms with Crippen LogP contribution in [0.4, 0.5) is 14.6 Å². The first-order valence-electron chi connectivity index (χ1n) is 9.55. The molecule has 9 nitrogen and oxygen atoms in total. The van der Waals surface area contributed by atoms with E-state index in [1.54, 1.807) is 13.2 Å². The summed E-state index contributed by atoms with van der Waals surface area (Å²) in [6, 6.07) is 0.930. The van der Waals surface area contributed by atoms with Crippen molar-refractivity contribution in [1.29, 1.82) is 0 Å². The summed E-state index contributed by atoms with van der Waals surface area (Å²) in [5.74, 6) is 0.235. The van der Waals surface area contributed by atoms with Gasteiger partial charge in [-0.2, -0.15) is 5.10 Å². The molecule has 1 fully saturated rings. The van der Waals surface area contributed by atoms with Gasteiger partial charge in [-0.1, -0.05) is 0 Å². The highest BCUT2D eigenvalue weighted by atomic mass is 19.3. The Bertz CT molecular complexity index is 930. The van der Waals surface area contributed by atoms with Gasteiger partial charge >= 0.3 is 0 Å². The highest BCUT2D eigenvalue weighted by molar-refractivity contribution is 6.00. The lowest BCUT2D eigenvalue weighted by Gasteiger charge is -2.23. The molecule has 2 aromatic rings. The summed E-state index contributed by atoms with van der Waals surface area (Å²) >= 11 is 0. The molecule has 4 rings (SSSR count). The number of alkyl halides is 2. The van der Waals surface area contributed by atoms with Gasteiger partial charge in [0.2, 0.25) is 0 Å². The molecule has 0 radical (unpaired) electrons. The van der Waals surface area contributed by atoms with Crippen molar-refractivity contribution in [3.8, 4) is 0 Å². The number of amides is 1. The van der Waals surface area contributed by atoms with Crippen molar-refractivity contribution in [2.45, 2.75) is 31.9 Å².